The Morgan fingerprint density at radius 3 is 2.48 bits per heavy atom. The SMILES string of the molecule is Cc1ccc(S(=O)(=O)c2c(C)[nH]c3ccccc23)cc1N. The molecule has 5 heteroatoms. The van der Waals surface area contributed by atoms with E-state index in [1.165, 1.54) is 6.07 Å². The number of fused-ring (bicyclic) bond motifs is 1. The van der Waals surface area contributed by atoms with Crippen molar-refractivity contribution in [3.63, 3.8) is 0 Å². The summed E-state index contributed by atoms with van der Waals surface area (Å²) >= 11 is 0. The van der Waals surface area contributed by atoms with Crippen LogP contribution in [0.4, 0.5) is 5.69 Å². The largest absolute Gasteiger partial charge is 0.398 e. The second kappa shape index (κ2) is 4.63. The lowest BCUT2D eigenvalue weighted by molar-refractivity contribution is 0.596. The quantitative estimate of drug-likeness (QED) is 0.714. The van der Waals surface area contributed by atoms with Gasteiger partial charge in [0.15, 0.2) is 0 Å². The van der Waals surface area contributed by atoms with Crippen molar-refractivity contribution in [3.05, 3.63) is 53.7 Å². The summed E-state index contributed by atoms with van der Waals surface area (Å²) in [6, 6.07) is 12.2. The smallest absolute Gasteiger partial charge is 0.209 e. The van der Waals surface area contributed by atoms with Gasteiger partial charge in [0.2, 0.25) is 9.84 Å². The zero-order valence-corrected chi connectivity index (χ0v) is 12.7. The highest BCUT2D eigenvalue weighted by atomic mass is 32.2. The first-order valence-electron chi connectivity index (χ1n) is 6.60. The lowest BCUT2D eigenvalue weighted by Gasteiger charge is -2.07. The Balaban J connectivity index is 2.30. The fourth-order valence-electron chi connectivity index (χ4n) is 2.50. The molecule has 1 heterocycles. The average Bonchev–Trinajstić information content (AvgIpc) is 2.78. The Morgan fingerprint density at radius 1 is 1.05 bits per heavy atom. The predicted molar refractivity (Wildman–Crippen MR) is 84.1 cm³/mol. The van der Waals surface area contributed by atoms with E-state index < -0.39 is 9.84 Å². The van der Waals surface area contributed by atoms with Crippen LogP contribution < -0.4 is 5.73 Å². The zero-order valence-electron chi connectivity index (χ0n) is 11.8. The van der Waals surface area contributed by atoms with Gasteiger partial charge in [0.1, 0.15) is 0 Å². The lowest BCUT2D eigenvalue weighted by atomic mass is 10.2. The minimum atomic E-state index is -3.60. The van der Waals surface area contributed by atoms with Crippen LogP contribution in [-0.2, 0) is 9.84 Å². The third-order valence-electron chi connectivity index (χ3n) is 3.66. The molecule has 0 saturated carbocycles. The highest BCUT2D eigenvalue weighted by Crippen LogP contribution is 2.32. The van der Waals surface area contributed by atoms with E-state index in [4.69, 9.17) is 5.73 Å². The minimum Gasteiger partial charge on any atom is -0.398 e. The van der Waals surface area contributed by atoms with Gasteiger partial charge in [-0.15, -0.1) is 0 Å². The maximum absolute atomic E-state index is 12.9. The number of sulfone groups is 1. The number of hydrogen-bond acceptors (Lipinski definition) is 3. The van der Waals surface area contributed by atoms with Gasteiger partial charge in [-0.1, -0.05) is 24.3 Å². The molecule has 0 aliphatic carbocycles. The van der Waals surface area contributed by atoms with E-state index in [0.29, 0.717) is 21.7 Å². The first-order valence-corrected chi connectivity index (χ1v) is 8.08. The number of benzene rings is 2. The Bertz CT molecular complexity index is 940. The van der Waals surface area contributed by atoms with Crippen molar-refractivity contribution in [1.82, 2.24) is 4.98 Å². The molecule has 108 valence electrons. The molecule has 2 aromatic carbocycles. The van der Waals surface area contributed by atoms with Gasteiger partial charge in [-0.3, -0.25) is 0 Å². The summed E-state index contributed by atoms with van der Waals surface area (Å²) in [6.07, 6.45) is 0. The van der Waals surface area contributed by atoms with Crippen LogP contribution in [0.1, 0.15) is 11.3 Å². The number of nitrogen functional groups attached to an aromatic ring is 1. The van der Waals surface area contributed by atoms with Crippen molar-refractivity contribution in [2.75, 3.05) is 5.73 Å². The number of aryl methyl sites for hydroxylation is 2. The highest BCUT2D eigenvalue weighted by molar-refractivity contribution is 7.91. The maximum atomic E-state index is 12.9. The minimum absolute atomic E-state index is 0.221. The second-order valence-electron chi connectivity index (χ2n) is 5.15. The molecule has 1 aromatic heterocycles. The summed E-state index contributed by atoms with van der Waals surface area (Å²) in [7, 11) is -3.60. The van der Waals surface area contributed by atoms with E-state index in [-0.39, 0.29) is 4.90 Å². The molecular formula is C16H16N2O2S. The summed E-state index contributed by atoms with van der Waals surface area (Å²) < 4.78 is 25.8. The van der Waals surface area contributed by atoms with Crippen molar-refractivity contribution >= 4 is 26.4 Å². The summed E-state index contributed by atoms with van der Waals surface area (Å²) in [6.45, 7) is 3.62. The summed E-state index contributed by atoms with van der Waals surface area (Å²) in [5, 5.41) is 0.703. The van der Waals surface area contributed by atoms with E-state index in [9.17, 15) is 8.42 Å². The molecule has 0 unspecified atom stereocenters. The molecule has 3 aromatic rings. The number of nitrogens with two attached hydrogens (primary N) is 1. The molecule has 0 bridgehead atoms. The van der Waals surface area contributed by atoms with Crippen LogP contribution in [-0.4, -0.2) is 13.4 Å². The first kappa shape index (κ1) is 13.7. The molecule has 0 radical (unpaired) electrons. The number of aromatic nitrogens is 1. The molecule has 0 aliphatic heterocycles. The third kappa shape index (κ3) is 2.10. The number of nitrogens with one attached hydrogen (secondary N) is 1. The van der Waals surface area contributed by atoms with E-state index in [0.717, 1.165) is 11.1 Å². The third-order valence-corrected chi connectivity index (χ3v) is 5.60. The topological polar surface area (TPSA) is 76.0 Å². The van der Waals surface area contributed by atoms with Gasteiger partial charge >= 0.3 is 0 Å². The van der Waals surface area contributed by atoms with Gasteiger partial charge in [-0.05, 0) is 37.6 Å². The summed E-state index contributed by atoms with van der Waals surface area (Å²) in [5.74, 6) is 0. The standard InChI is InChI=1S/C16H16N2O2S/c1-10-7-8-12(9-14(10)17)21(19,20)16-11(2)18-15-6-4-3-5-13(15)16/h3-9,18H,17H2,1-2H3. The Labute approximate surface area is 123 Å². The molecule has 0 spiro atoms. The second-order valence-corrected chi connectivity index (χ2v) is 7.03. The molecule has 3 N–H and O–H groups in total. The van der Waals surface area contributed by atoms with Gasteiger partial charge < -0.3 is 10.7 Å². The highest BCUT2D eigenvalue weighted by Gasteiger charge is 2.24. The van der Waals surface area contributed by atoms with E-state index in [1.807, 2.05) is 31.2 Å². The monoisotopic (exact) mass is 300 g/mol. The fourth-order valence-corrected chi connectivity index (χ4v) is 4.19. The lowest BCUT2D eigenvalue weighted by Crippen LogP contribution is -2.04. The van der Waals surface area contributed by atoms with Crippen molar-refractivity contribution in [3.8, 4) is 0 Å². The Morgan fingerprint density at radius 2 is 1.76 bits per heavy atom. The van der Waals surface area contributed by atoms with Crippen LogP contribution in [0.15, 0.2) is 52.3 Å². The van der Waals surface area contributed by atoms with Gasteiger partial charge in [-0.25, -0.2) is 8.42 Å². The molecule has 0 saturated heterocycles. The van der Waals surface area contributed by atoms with E-state index in [1.54, 1.807) is 19.1 Å². The van der Waals surface area contributed by atoms with Gasteiger partial charge in [0.05, 0.1) is 9.79 Å². The molecule has 0 atom stereocenters. The predicted octanol–water partition coefficient (Wildman–Crippen LogP) is 3.20. The Kier molecular flexibility index (Phi) is 3.02. The number of para-hydroxylation sites is 1. The van der Waals surface area contributed by atoms with Crippen LogP contribution >= 0.6 is 0 Å². The summed E-state index contributed by atoms with van der Waals surface area (Å²) in [4.78, 5) is 3.66. The maximum Gasteiger partial charge on any atom is 0.209 e. The molecule has 0 aliphatic rings. The number of H-pyrrole nitrogens is 1. The van der Waals surface area contributed by atoms with Crippen LogP contribution in [0.2, 0.25) is 0 Å². The first-order chi connectivity index (χ1) is 9.91. The Hall–Kier alpha value is -2.27. The van der Waals surface area contributed by atoms with Crippen molar-refractivity contribution in [2.24, 2.45) is 0 Å². The molecule has 0 fully saturated rings. The van der Waals surface area contributed by atoms with E-state index >= 15 is 0 Å². The van der Waals surface area contributed by atoms with Gasteiger partial charge in [0.25, 0.3) is 0 Å². The van der Waals surface area contributed by atoms with Crippen LogP contribution in [0, 0.1) is 13.8 Å². The number of rotatable bonds is 2. The van der Waals surface area contributed by atoms with Gasteiger partial charge in [-0.2, -0.15) is 0 Å². The number of hydrogen-bond donors (Lipinski definition) is 2. The molecule has 21 heavy (non-hydrogen) atoms. The number of aromatic amines is 1. The van der Waals surface area contributed by atoms with Crippen LogP contribution in [0.5, 0.6) is 0 Å². The van der Waals surface area contributed by atoms with Crippen LogP contribution in [0.3, 0.4) is 0 Å². The van der Waals surface area contributed by atoms with E-state index in [2.05, 4.69) is 4.98 Å². The average molecular weight is 300 g/mol. The van der Waals surface area contributed by atoms with Crippen molar-refractivity contribution < 1.29 is 8.42 Å². The van der Waals surface area contributed by atoms with Crippen LogP contribution in [0.25, 0.3) is 10.9 Å². The molecule has 4 nitrogen and oxygen atoms in total. The normalized spacial score (nSPS) is 11.9. The van der Waals surface area contributed by atoms with Crippen molar-refractivity contribution in [2.45, 2.75) is 23.6 Å². The molecule has 0 amide bonds. The number of anilines is 1. The zero-order chi connectivity index (χ0) is 15.2. The van der Waals surface area contributed by atoms with Crippen molar-refractivity contribution in [1.29, 1.82) is 0 Å². The summed E-state index contributed by atoms with van der Waals surface area (Å²) in [5.41, 5.74) is 8.64. The van der Waals surface area contributed by atoms with Gasteiger partial charge in [0, 0.05) is 22.3 Å². The fraction of sp³-hybridized carbons (Fsp3) is 0.125. The molecule has 3 rings (SSSR count). The molecular weight excluding hydrogens is 284 g/mol.